The third-order valence-corrected chi connectivity index (χ3v) is 3.27. The summed E-state index contributed by atoms with van der Waals surface area (Å²) in [6.45, 7) is 0. The van der Waals surface area contributed by atoms with E-state index >= 15 is 0 Å². The summed E-state index contributed by atoms with van der Waals surface area (Å²) in [5.41, 5.74) is 2.66. The van der Waals surface area contributed by atoms with Crippen molar-refractivity contribution >= 4 is 23.2 Å². The number of aldehydes is 1. The molecule has 0 aliphatic rings. The molecular weight excluding hydrogens is 268 g/mol. The molecule has 3 aromatic rings. The van der Waals surface area contributed by atoms with E-state index in [0.29, 0.717) is 22.5 Å². The van der Waals surface area contributed by atoms with Crippen molar-refractivity contribution in [2.24, 2.45) is 0 Å². The molecule has 0 unspecified atom stereocenters. The number of carbonyl (C=O) groups is 2. The van der Waals surface area contributed by atoms with Crippen LogP contribution in [-0.4, -0.2) is 19.4 Å². The molecule has 0 atom stereocenters. The van der Waals surface area contributed by atoms with Crippen molar-refractivity contribution in [3.05, 3.63) is 59.7 Å². The number of methoxy groups -OCH3 is 1. The lowest BCUT2D eigenvalue weighted by Crippen LogP contribution is -2.00. The van der Waals surface area contributed by atoms with E-state index in [2.05, 4.69) is 4.74 Å². The second-order valence-corrected chi connectivity index (χ2v) is 4.59. The monoisotopic (exact) mass is 280 g/mol. The van der Waals surface area contributed by atoms with Crippen molar-refractivity contribution < 1.29 is 18.7 Å². The number of furan rings is 1. The highest BCUT2D eigenvalue weighted by molar-refractivity contribution is 5.91. The highest BCUT2D eigenvalue weighted by Crippen LogP contribution is 2.28. The Morgan fingerprint density at radius 2 is 1.86 bits per heavy atom. The summed E-state index contributed by atoms with van der Waals surface area (Å²) in [5.74, 6) is 0.311. The molecule has 21 heavy (non-hydrogen) atoms. The van der Waals surface area contributed by atoms with Crippen molar-refractivity contribution in [3.8, 4) is 11.3 Å². The van der Waals surface area contributed by atoms with Crippen LogP contribution in [0, 0.1) is 0 Å². The van der Waals surface area contributed by atoms with Crippen molar-refractivity contribution in [1.29, 1.82) is 0 Å². The normalized spacial score (nSPS) is 10.5. The van der Waals surface area contributed by atoms with E-state index in [0.717, 1.165) is 17.2 Å². The predicted molar refractivity (Wildman–Crippen MR) is 78.4 cm³/mol. The maximum absolute atomic E-state index is 11.4. The van der Waals surface area contributed by atoms with E-state index in [4.69, 9.17) is 4.42 Å². The van der Waals surface area contributed by atoms with Gasteiger partial charge in [-0.2, -0.15) is 0 Å². The standard InChI is InChI=1S/C17H12O4/c1-20-17(19)13-5-3-12(4-6-13)16-9-14-8-11(10-18)2-7-15(14)21-16/h2-10H,1H3. The molecule has 4 nitrogen and oxygen atoms in total. The zero-order valence-electron chi connectivity index (χ0n) is 11.3. The summed E-state index contributed by atoms with van der Waals surface area (Å²) >= 11 is 0. The van der Waals surface area contributed by atoms with Gasteiger partial charge < -0.3 is 9.15 Å². The Morgan fingerprint density at radius 1 is 1.10 bits per heavy atom. The number of esters is 1. The third kappa shape index (κ3) is 2.43. The van der Waals surface area contributed by atoms with Crippen molar-refractivity contribution in [3.63, 3.8) is 0 Å². The zero-order chi connectivity index (χ0) is 14.8. The van der Waals surface area contributed by atoms with E-state index in [1.807, 2.05) is 6.07 Å². The number of fused-ring (bicyclic) bond motifs is 1. The lowest BCUT2D eigenvalue weighted by molar-refractivity contribution is 0.0600. The Balaban J connectivity index is 2.00. The molecule has 1 heterocycles. The molecule has 0 saturated heterocycles. The summed E-state index contributed by atoms with van der Waals surface area (Å²) in [6.07, 6.45) is 0.803. The van der Waals surface area contributed by atoms with Gasteiger partial charge in [-0.1, -0.05) is 12.1 Å². The van der Waals surface area contributed by atoms with Crippen molar-refractivity contribution in [1.82, 2.24) is 0 Å². The molecule has 4 heteroatoms. The molecule has 0 radical (unpaired) electrons. The average Bonchev–Trinajstić information content (AvgIpc) is 2.97. The quantitative estimate of drug-likeness (QED) is 0.542. The van der Waals surface area contributed by atoms with Crippen LogP contribution in [0.3, 0.4) is 0 Å². The molecule has 0 N–H and O–H groups in total. The first-order valence-corrected chi connectivity index (χ1v) is 6.39. The van der Waals surface area contributed by atoms with E-state index in [1.165, 1.54) is 7.11 Å². The lowest BCUT2D eigenvalue weighted by Gasteiger charge is -2.00. The van der Waals surface area contributed by atoms with Crippen LogP contribution in [0.4, 0.5) is 0 Å². The Labute approximate surface area is 120 Å². The SMILES string of the molecule is COC(=O)c1ccc(-c2cc3cc(C=O)ccc3o2)cc1. The lowest BCUT2D eigenvalue weighted by atomic mass is 10.1. The largest absolute Gasteiger partial charge is 0.465 e. The van der Waals surface area contributed by atoms with Gasteiger partial charge in [-0.3, -0.25) is 4.79 Å². The summed E-state index contributed by atoms with van der Waals surface area (Å²) in [7, 11) is 1.35. The highest BCUT2D eigenvalue weighted by atomic mass is 16.5. The topological polar surface area (TPSA) is 56.5 Å². The van der Waals surface area contributed by atoms with Gasteiger partial charge in [0.05, 0.1) is 12.7 Å². The summed E-state index contributed by atoms with van der Waals surface area (Å²) in [6, 6.07) is 14.1. The molecular formula is C17H12O4. The van der Waals surface area contributed by atoms with Gasteiger partial charge in [-0.15, -0.1) is 0 Å². The summed E-state index contributed by atoms with van der Waals surface area (Å²) in [5, 5.41) is 0.867. The third-order valence-electron chi connectivity index (χ3n) is 3.27. The molecule has 0 amide bonds. The van der Waals surface area contributed by atoms with Crippen LogP contribution < -0.4 is 0 Å². The predicted octanol–water partition coefficient (Wildman–Crippen LogP) is 3.70. The number of rotatable bonds is 3. The Kier molecular flexibility index (Phi) is 3.28. The van der Waals surface area contributed by atoms with E-state index in [9.17, 15) is 9.59 Å². The number of benzene rings is 2. The van der Waals surface area contributed by atoms with Crippen LogP contribution in [-0.2, 0) is 4.74 Å². The minimum Gasteiger partial charge on any atom is -0.465 e. The molecule has 0 aliphatic heterocycles. The molecule has 3 rings (SSSR count). The van der Waals surface area contributed by atoms with Crippen molar-refractivity contribution in [2.45, 2.75) is 0 Å². The maximum atomic E-state index is 11.4. The van der Waals surface area contributed by atoms with Gasteiger partial charge in [0.15, 0.2) is 0 Å². The molecule has 104 valence electrons. The molecule has 1 aromatic heterocycles. The summed E-state index contributed by atoms with van der Waals surface area (Å²) in [4.78, 5) is 22.2. The van der Waals surface area contributed by atoms with Crippen LogP contribution in [0.15, 0.2) is 52.9 Å². The fourth-order valence-corrected chi connectivity index (χ4v) is 2.17. The Morgan fingerprint density at radius 3 is 2.52 bits per heavy atom. The molecule has 0 saturated carbocycles. The van der Waals surface area contributed by atoms with Gasteiger partial charge in [-0.25, -0.2) is 4.79 Å². The van der Waals surface area contributed by atoms with E-state index in [1.54, 1.807) is 42.5 Å². The molecule has 0 aliphatic carbocycles. The number of hydrogen-bond donors (Lipinski definition) is 0. The summed E-state index contributed by atoms with van der Waals surface area (Å²) < 4.78 is 10.4. The number of ether oxygens (including phenoxy) is 1. The fraction of sp³-hybridized carbons (Fsp3) is 0.0588. The van der Waals surface area contributed by atoms with Gasteiger partial charge >= 0.3 is 5.97 Å². The second-order valence-electron chi connectivity index (χ2n) is 4.59. The second kappa shape index (κ2) is 5.25. The maximum Gasteiger partial charge on any atom is 0.337 e. The van der Waals surface area contributed by atoms with Crippen LogP contribution in [0.25, 0.3) is 22.3 Å². The van der Waals surface area contributed by atoms with Crippen molar-refractivity contribution in [2.75, 3.05) is 7.11 Å². The van der Waals surface area contributed by atoms with E-state index < -0.39 is 0 Å². The highest BCUT2D eigenvalue weighted by Gasteiger charge is 2.09. The van der Waals surface area contributed by atoms with Crippen LogP contribution in [0.2, 0.25) is 0 Å². The number of hydrogen-bond acceptors (Lipinski definition) is 4. The minimum absolute atomic E-state index is 0.373. The average molecular weight is 280 g/mol. The molecule has 0 spiro atoms. The van der Waals surface area contributed by atoms with Crippen LogP contribution >= 0.6 is 0 Å². The van der Waals surface area contributed by atoms with Gasteiger partial charge in [0.1, 0.15) is 17.6 Å². The first-order valence-electron chi connectivity index (χ1n) is 6.39. The Hall–Kier alpha value is -2.88. The number of carbonyl (C=O) groups excluding carboxylic acids is 2. The van der Waals surface area contributed by atoms with Gasteiger partial charge in [0, 0.05) is 16.5 Å². The van der Waals surface area contributed by atoms with Gasteiger partial charge in [0.25, 0.3) is 0 Å². The van der Waals surface area contributed by atoms with E-state index in [-0.39, 0.29) is 5.97 Å². The zero-order valence-corrected chi connectivity index (χ0v) is 11.3. The first-order chi connectivity index (χ1) is 10.2. The molecule has 0 fully saturated rings. The minimum atomic E-state index is -0.373. The van der Waals surface area contributed by atoms with Gasteiger partial charge in [0.2, 0.25) is 0 Å². The van der Waals surface area contributed by atoms with Crippen LogP contribution in [0.5, 0.6) is 0 Å². The Bertz CT molecular complexity index is 812. The molecule has 0 bridgehead atoms. The first kappa shape index (κ1) is 13.1. The fourth-order valence-electron chi connectivity index (χ4n) is 2.17. The van der Waals surface area contributed by atoms with Crippen LogP contribution in [0.1, 0.15) is 20.7 Å². The van der Waals surface area contributed by atoms with Gasteiger partial charge in [-0.05, 0) is 36.4 Å². The molecule has 2 aromatic carbocycles. The smallest absolute Gasteiger partial charge is 0.337 e.